The molecule has 0 spiro atoms. The van der Waals surface area contributed by atoms with Gasteiger partial charge in [-0.25, -0.2) is 14.0 Å². The first-order valence-corrected chi connectivity index (χ1v) is 5.94. The molecule has 1 saturated heterocycles. The quantitative estimate of drug-likeness (QED) is 0.906. The molecule has 1 N–H and O–H groups in total. The van der Waals surface area contributed by atoms with E-state index < -0.39 is 29.9 Å². The molecule has 1 fully saturated rings. The van der Waals surface area contributed by atoms with E-state index in [9.17, 15) is 14.0 Å². The summed E-state index contributed by atoms with van der Waals surface area (Å²) in [5.41, 5.74) is 0.401. The molecule has 0 aromatic heterocycles. The molecule has 1 heterocycles. The molecular formula is C13H15FN2O3. The molecule has 1 aromatic carbocycles. The van der Waals surface area contributed by atoms with Crippen LogP contribution in [0.5, 0.6) is 0 Å². The molecule has 1 aliphatic heterocycles. The van der Waals surface area contributed by atoms with E-state index in [2.05, 4.69) is 0 Å². The highest BCUT2D eigenvalue weighted by Gasteiger charge is 2.40. The fourth-order valence-corrected chi connectivity index (χ4v) is 2.23. The van der Waals surface area contributed by atoms with Gasteiger partial charge in [0.25, 0.3) is 0 Å². The van der Waals surface area contributed by atoms with Crippen LogP contribution in [0.2, 0.25) is 0 Å². The molecule has 0 radical (unpaired) electrons. The first kappa shape index (κ1) is 13.3. The van der Waals surface area contributed by atoms with Crippen LogP contribution in [0, 0.1) is 5.82 Å². The number of halogens is 1. The topological polar surface area (TPSA) is 60.9 Å². The number of amides is 2. The number of benzene rings is 1. The minimum atomic E-state index is -1.07. The van der Waals surface area contributed by atoms with E-state index in [0.717, 1.165) is 0 Å². The molecule has 5 nitrogen and oxygen atoms in total. The maximum Gasteiger partial charge on any atom is 0.326 e. The molecule has 0 aliphatic carbocycles. The van der Waals surface area contributed by atoms with Crippen molar-refractivity contribution in [2.45, 2.75) is 19.0 Å². The third kappa shape index (κ3) is 2.25. The number of likely N-dealkylation sites (N-methyl/N-ethyl adjacent to an activating group) is 1. The average molecular weight is 266 g/mol. The largest absolute Gasteiger partial charge is 0.480 e. The Hall–Kier alpha value is -2.11. The van der Waals surface area contributed by atoms with Crippen LogP contribution in [0.1, 0.15) is 18.5 Å². The summed E-state index contributed by atoms with van der Waals surface area (Å²) in [6.45, 7) is 1.61. The van der Waals surface area contributed by atoms with Gasteiger partial charge in [-0.2, -0.15) is 0 Å². The van der Waals surface area contributed by atoms with Crippen LogP contribution >= 0.6 is 0 Å². The first-order chi connectivity index (χ1) is 8.93. The highest BCUT2D eigenvalue weighted by Crippen LogP contribution is 2.30. The van der Waals surface area contributed by atoms with Crippen molar-refractivity contribution in [1.29, 1.82) is 0 Å². The summed E-state index contributed by atoms with van der Waals surface area (Å²) in [5, 5.41) is 8.97. The van der Waals surface area contributed by atoms with Crippen LogP contribution in [0.15, 0.2) is 24.3 Å². The Labute approximate surface area is 110 Å². The fraction of sp³-hybridized carbons (Fsp3) is 0.385. The lowest BCUT2D eigenvalue weighted by Crippen LogP contribution is -2.41. The number of rotatable bonds is 3. The zero-order valence-corrected chi connectivity index (χ0v) is 10.7. The number of carbonyl (C=O) groups excluding carboxylic acids is 1. The van der Waals surface area contributed by atoms with Crippen LogP contribution in [-0.2, 0) is 4.79 Å². The maximum absolute atomic E-state index is 13.8. The van der Waals surface area contributed by atoms with E-state index in [4.69, 9.17) is 5.11 Å². The summed E-state index contributed by atoms with van der Waals surface area (Å²) in [6, 6.07) is 4.42. The van der Waals surface area contributed by atoms with Crippen LogP contribution < -0.4 is 0 Å². The van der Waals surface area contributed by atoms with Gasteiger partial charge in [-0.1, -0.05) is 18.2 Å². The summed E-state index contributed by atoms with van der Waals surface area (Å²) >= 11 is 0. The average Bonchev–Trinajstić information content (AvgIpc) is 2.66. The van der Waals surface area contributed by atoms with Crippen molar-refractivity contribution in [2.75, 3.05) is 13.6 Å². The Kier molecular flexibility index (Phi) is 3.42. The number of nitrogens with zero attached hydrogens (tertiary/aromatic N) is 2. The Balaban J connectivity index is 2.29. The maximum atomic E-state index is 13.8. The van der Waals surface area contributed by atoms with E-state index >= 15 is 0 Å². The Bertz CT molecular complexity index is 520. The van der Waals surface area contributed by atoms with Crippen molar-refractivity contribution in [3.63, 3.8) is 0 Å². The lowest BCUT2D eigenvalue weighted by atomic mass is 10.1. The number of hydrogen-bond acceptors (Lipinski definition) is 2. The standard InChI is InChI=1S/C13H15FN2O3/c1-8(12(17)18)16-7-11(15(2)13(16)19)9-5-3-4-6-10(9)14/h3-6,8,11H,7H2,1-2H3,(H,17,18). The molecule has 1 aliphatic rings. The SMILES string of the molecule is CC(C(=O)O)N1CC(c2ccccc2F)N(C)C1=O. The second-order valence-electron chi connectivity index (χ2n) is 4.60. The minimum absolute atomic E-state index is 0.170. The normalized spacial score (nSPS) is 20.8. The van der Waals surface area contributed by atoms with Crippen molar-refractivity contribution in [1.82, 2.24) is 9.80 Å². The molecule has 0 saturated carbocycles. The predicted molar refractivity (Wildman–Crippen MR) is 66.1 cm³/mol. The number of carboxylic acid groups (broad SMARTS) is 1. The van der Waals surface area contributed by atoms with E-state index in [1.165, 1.54) is 22.8 Å². The van der Waals surface area contributed by atoms with E-state index in [1.54, 1.807) is 25.2 Å². The monoisotopic (exact) mass is 266 g/mol. The lowest BCUT2D eigenvalue weighted by Gasteiger charge is -2.19. The Morgan fingerprint density at radius 1 is 1.47 bits per heavy atom. The molecule has 102 valence electrons. The number of aliphatic carboxylic acids is 1. The van der Waals surface area contributed by atoms with E-state index in [0.29, 0.717) is 5.56 Å². The predicted octanol–water partition coefficient (Wildman–Crippen LogP) is 1.71. The molecule has 2 amide bonds. The van der Waals surface area contributed by atoms with Crippen LogP contribution in [0.3, 0.4) is 0 Å². The summed E-state index contributed by atoms with van der Waals surface area (Å²) < 4.78 is 13.8. The van der Waals surface area contributed by atoms with Crippen molar-refractivity contribution in [3.8, 4) is 0 Å². The highest BCUT2D eigenvalue weighted by atomic mass is 19.1. The summed E-state index contributed by atoms with van der Waals surface area (Å²) in [7, 11) is 1.55. The molecule has 2 atom stereocenters. The van der Waals surface area contributed by atoms with Gasteiger partial charge in [-0.15, -0.1) is 0 Å². The number of urea groups is 1. The number of carboxylic acids is 1. The second kappa shape index (κ2) is 4.87. The van der Waals surface area contributed by atoms with E-state index in [-0.39, 0.29) is 6.54 Å². The van der Waals surface area contributed by atoms with Gasteiger partial charge in [0.05, 0.1) is 6.04 Å². The van der Waals surface area contributed by atoms with Crippen molar-refractivity contribution in [2.24, 2.45) is 0 Å². The lowest BCUT2D eigenvalue weighted by molar-refractivity contribution is -0.141. The first-order valence-electron chi connectivity index (χ1n) is 5.94. The Morgan fingerprint density at radius 2 is 2.11 bits per heavy atom. The Morgan fingerprint density at radius 3 is 2.68 bits per heavy atom. The van der Waals surface area contributed by atoms with Gasteiger partial charge in [0, 0.05) is 19.2 Å². The minimum Gasteiger partial charge on any atom is -0.480 e. The molecule has 19 heavy (non-hydrogen) atoms. The zero-order chi connectivity index (χ0) is 14.2. The summed E-state index contributed by atoms with van der Waals surface area (Å²) in [5.74, 6) is -1.46. The van der Waals surface area contributed by atoms with Crippen molar-refractivity contribution in [3.05, 3.63) is 35.6 Å². The summed E-state index contributed by atoms with van der Waals surface area (Å²) in [6.07, 6.45) is 0. The molecule has 2 rings (SSSR count). The smallest absolute Gasteiger partial charge is 0.326 e. The van der Waals surface area contributed by atoms with Crippen LogP contribution in [0.4, 0.5) is 9.18 Å². The fourth-order valence-electron chi connectivity index (χ4n) is 2.23. The van der Waals surface area contributed by atoms with Crippen LogP contribution in [-0.4, -0.2) is 46.5 Å². The van der Waals surface area contributed by atoms with Crippen molar-refractivity contribution < 1.29 is 19.1 Å². The third-order valence-electron chi connectivity index (χ3n) is 3.47. The van der Waals surface area contributed by atoms with E-state index in [1.807, 2.05) is 0 Å². The number of hydrogen-bond donors (Lipinski definition) is 1. The van der Waals surface area contributed by atoms with Gasteiger partial charge in [0.1, 0.15) is 11.9 Å². The van der Waals surface area contributed by atoms with Gasteiger partial charge in [0.15, 0.2) is 0 Å². The van der Waals surface area contributed by atoms with Crippen molar-refractivity contribution >= 4 is 12.0 Å². The van der Waals surface area contributed by atoms with Gasteiger partial charge < -0.3 is 14.9 Å². The molecule has 6 heteroatoms. The second-order valence-corrected chi connectivity index (χ2v) is 4.60. The van der Waals surface area contributed by atoms with Crippen LogP contribution in [0.25, 0.3) is 0 Å². The molecule has 2 unspecified atom stereocenters. The number of carbonyl (C=O) groups is 2. The van der Waals surface area contributed by atoms with Gasteiger partial charge in [-0.05, 0) is 13.0 Å². The molecule has 0 bridgehead atoms. The zero-order valence-electron chi connectivity index (χ0n) is 10.7. The van der Waals surface area contributed by atoms with Gasteiger partial charge >= 0.3 is 12.0 Å². The third-order valence-corrected chi connectivity index (χ3v) is 3.47. The van der Waals surface area contributed by atoms with Gasteiger partial charge in [0.2, 0.25) is 0 Å². The van der Waals surface area contributed by atoms with Gasteiger partial charge in [-0.3, -0.25) is 0 Å². The summed E-state index contributed by atoms with van der Waals surface area (Å²) in [4.78, 5) is 25.6. The molecule has 1 aromatic rings. The highest BCUT2D eigenvalue weighted by molar-refractivity contribution is 5.84. The molecular weight excluding hydrogens is 251 g/mol.